The fraction of sp³-hybridized carbons (Fsp3) is 0.143. The SMILES string of the molecule is COc1ccc(C(=O)Oc2ccc(/C=N/NC(=O)c3cc(C)[nH]n3)cc2OC)cc1. The summed E-state index contributed by atoms with van der Waals surface area (Å²) >= 11 is 0. The fourth-order valence-electron chi connectivity index (χ4n) is 2.49. The highest BCUT2D eigenvalue weighted by Crippen LogP contribution is 2.28. The van der Waals surface area contributed by atoms with Gasteiger partial charge < -0.3 is 14.2 Å². The minimum atomic E-state index is -0.529. The molecule has 0 aliphatic heterocycles. The first-order valence-electron chi connectivity index (χ1n) is 8.90. The molecule has 0 atom stereocenters. The maximum atomic E-state index is 12.3. The molecule has 0 saturated heterocycles. The molecule has 2 N–H and O–H groups in total. The van der Waals surface area contributed by atoms with Crippen LogP contribution in [0.15, 0.2) is 53.6 Å². The van der Waals surface area contributed by atoms with Gasteiger partial charge in [-0.2, -0.15) is 10.2 Å². The van der Waals surface area contributed by atoms with Gasteiger partial charge in [-0.1, -0.05) is 0 Å². The summed E-state index contributed by atoms with van der Waals surface area (Å²) in [6, 6.07) is 13.1. The Balaban J connectivity index is 1.66. The number of hydrazone groups is 1. The third-order valence-corrected chi connectivity index (χ3v) is 4.03. The van der Waals surface area contributed by atoms with Gasteiger partial charge in [0.25, 0.3) is 5.91 Å². The van der Waals surface area contributed by atoms with Crippen LogP contribution >= 0.6 is 0 Å². The molecule has 3 rings (SSSR count). The predicted octanol–water partition coefficient (Wildman–Crippen LogP) is 2.72. The highest BCUT2D eigenvalue weighted by Gasteiger charge is 2.13. The Morgan fingerprint density at radius 3 is 2.43 bits per heavy atom. The molecule has 0 radical (unpaired) electrons. The number of hydrogen-bond acceptors (Lipinski definition) is 7. The Kier molecular flexibility index (Phi) is 6.43. The van der Waals surface area contributed by atoms with E-state index in [0.29, 0.717) is 22.6 Å². The van der Waals surface area contributed by atoms with Crippen molar-refractivity contribution in [3.8, 4) is 17.2 Å². The van der Waals surface area contributed by atoms with Crippen LogP contribution in [0.3, 0.4) is 0 Å². The standard InChI is InChI=1S/C21H20N4O5/c1-13-10-17(24-23-13)20(26)25-22-12-14-4-9-18(19(11-14)29-3)30-21(27)15-5-7-16(28-2)8-6-15/h4-12H,1-3H3,(H,23,24)(H,25,26)/b22-12+. The summed E-state index contributed by atoms with van der Waals surface area (Å²) in [5.41, 5.74) is 4.41. The molecule has 1 aromatic heterocycles. The molecule has 0 aliphatic carbocycles. The lowest BCUT2D eigenvalue weighted by Gasteiger charge is -2.10. The first-order chi connectivity index (χ1) is 14.5. The molecule has 1 amide bonds. The molecule has 1 heterocycles. The van der Waals surface area contributed by atoms with E-state index in [2.05, 4.69) is 20.7 Å². The van der Waals surface area contributed by atoms with Crippen LogP contribution in [-0.4, -0.2) is 42.5 Å². The van der Waals surface area contributed by atoms with Crippen LogP contribution in [0.2, 0.25) is 0 Å². The molecule has 0 aliphatic rings. The molecule has 30 heavy (non-hydrogen) atoms. The minimum Gasteiger partial charge on any atom is -0.497 e. The van der Waals surface area contributed by atoms with Crippen molar-refractivity contribution in [3.63, 3.8) is 0 Å². The van der Waals surface area contributed by atoms with Crippen LogP contribution in [0.25, 0.3) is 0 Å². The first-order valence-corrected chi connectivity index (χ1v) is 8.90. The highest BCUT2D eigenvalue weighted by atomic mass is 16.6. The van der Waals surface area contributed by atoms with Crippen LogP contribution in [0, 0.1) is 6.92 Å². The van der Waals surface area contributed by atoms with Gasteiger partial charge >= 0.3 is 5.97 Å². The third kappa shape index (κ3) is 5.02. The van der Waals surface area contributed by atoms with Gasteiger partial charge in [0.15, 0.2) is 17.2 Å². The number of benzene rings is 2. The van der Waals surface area contributed by atoms with Gasteiger partial charge in [0.1, 0.15) is 5.75 Å². The lowest BCUT2D eigenvalue weighted by Crippen LogP contribution is -2.18. The average molecular weight is 408 g/mol. The summed E-state index contributed by atoms with van der Waals surface area (Å²) in [6.45, 7) is 1.79. The number of nitrogens with zero attached hydrogens (tertiary/aromatic N) is 2. The van der Waals surface area contributed by atoms with Crippen LogP contribution < -0.4 is 19.6 Å². The largest absolute Gasteiger partial charge is 0.497 e. The van der Waals surface area contributed by atoms with E-state index >= 15 is 0 Å². The topological polar surface area (TPSA) is 115 Å². The summed E-state index contributed by atoms with van der Waals surface area (Å²) in [7, 11) is 3.01. The molecule has 9 nitrogen and oxygen atoms in total. The van der Waals surface area contributed by atoms with Gasteiger partial charge in [0.2, 0.25) is 0 Å². The summed E-state index contributed by atoms with van der Waals surface area (Å²) in [5.74, 6) is 0.274. The van der Waals surface area contributed by atoms with Gasteiger partial charge in [-0.15, -0.1) is 0 Å². The van der Waals surface area contributed by atoms with Crippen LogP contribution in [0.4, 0.5) is 0 Å². The van der Waals surface area contributed by atoms with E-state index in [1.165, 1.54) is 13.3 Å². The molecule has 9 heteroatoms. The molecule has 2 aromatic carbocycles. The van der Waals surface area contributed by atoms with Crippen LogP contribution in [0.1, 0.15) is 32.1 Å². The number of H-pyrrole nitrogens is 1. The van der Waals surface area contributed by atoms with Crippen molar-refractivity contribution >= 4 is 18.1 Å². The number of rotatable bonds is 7. The van der Waals surface area contributed by atoms with Gasteiger partial charge in [0, 0.05) is 5.69 Å². The second-order valence-corrected chi connectivity index (χ2v) is 6.16. The van der Waals surface area contributed by atoms with Crippen molar-refractivity contribution in [3.05, 3.63) is 71.0 Å². The number of methoxy groups -OCH3 is 2. The normalized spacial score (nSPS) is 10.6. The Morgan fingerprint density at radius 1 is 1.03 bits per heavy atom. The number of aromatic amines is 1. The smallest absolute Gasteiger partial charge is 0.343 e. The Labute approximate surface area is 172 Å². The Bertz CT molecular complexity index is 1070. The third-order valence-electron chi connectivity index (χ3n) is 4.03. The molecule has 0 spiro atoms. The number of aryl methyl sites for hydroxylation is 1. The number of nitrogens with one attached hydrogen (secondary N) is 2. The van der Waals surface area contributed by atoms with Gasteiger partial charge in [-0.25, -0.2) is 10.2 Å². The number of aromatic nitrogens is 2. The predicted molar refractivity (Wildman–Crippen MR) is 109 cm³/mol. The number of carbonyl (C=O) groups excluding carboxylic acids is 2. The van der Waals surface area contributed by atoms with Crippen molar-refractivity contribution < 1.29 is 23.8 Å². The second kappa shape index (κ2) is 9.37. The number of ether oxygens (including phenoxy) is 3. The lowest BCUT2D eigenvalue weighted by molar-refractivity contribution is 0.0729. The zero-order chi connectivity index (χ0) is 21.5. The van der Waals surface area contributed by atoms with Gasteiger partial charge in [-0.3, -0.25) is 9.89 Å². The van der Waals surface area contributed by atoms with Crippen molar-refractivity contribution in [1.82, 2.24) is 15.6 Å². The summed E-state index contributed by atoms with van der Waals surface area (Å²) in [5, 5.41) is 10.4. The number of hydrogen-bond donors (Lipinski definition) is 2. The maximum Gasteiger partial charge on any atom is 0.343 e. The van der Waals surface area contributed by atoms with Crippen molar-refractivity contribution in [2.24, 2.45) is 5.10 Å². The van der Waals surface area contributed by atoms with E-state index in [1.54, 1.807) is 62.6 Å². The van der Waals surface area contributed by atoms with E-state index in [4.69, 9.17) is 14.2 Å². The van der Waals surface area contributed by atoms with Crippen LogP contribution in [-0.2, 0) is 0 Å². The van der Waals surface area contributed by atoms with Crippen LogP contribution in [0.5, 0.6) is 17.2 Å². The zero-order valence-electron chi connectivity index (χ0n) is 16.6. The Morgan fingerprint density at radius 2 is 1.80 bits per heavy atom. The monoisotopic (exact) mass is 408 g/mol. The fourth-order valence-corrected chi connectivity index (χ4v) is 2.49. The summed E-state index contributed by atoms with van der Waals surface area (Å²) < 4.78 is 15.8. The molecular weight excluding hydrogens is 388 g/mol. The first kappa shape index (κ1) is 20.6. The number of esters is 1. The quantitative estimate of drug-likeness (QED) is 0.269. The van der Waals surface area contributed by atoms with Gasteiger partial charge in [-0.05, 0) is 61.0 Å². The molecule has 0 fully saturated rings. The van der Waals surface area contributed by atoms with Crippen molar-refractivity contribution in [1.29, 1.82) is 0 Å². The zero-order valence-corrected chi connectivity index (χ0v) is 16.6. The number of amides is 1. The average Bonchev–Trinajstić information content (AvgIpc) is 3.21. The van der Waals surface area contributed by atoms with Crippen molar-refractivity contribution in [2.45, 2.75) is 6.92 Å². The molecule has 0 bridgehead atoms. The summed E-state index contributed by atoms with van der Waals surface area (Å²) in [4.78, 5) is 24.3. The van der Waals surface area contributed by atoms with E-state index in [9.17, 15) is 9.59 Å². The molecule has 154 valence electrons. The van der Waals surface area contributed by atoms with E-state index in [0.717, 1.165) is 5.69 Å². The molecular formula is C21H20N4O5. The van der Waals surface area contributed by atoms with E-state index in [1.807, 2.05) is 0 Å². The number of carbonyl (C=O) groups is 2. The molecule has 0 saturated carbocycles. The van der Waals surface area contributed by atoms with Crippen molar-refractivity contribution in [2.75, 3.05) is 14.2 Å². The second-order valence-electron chi connectivity index (χ2n) is 6.16. The molecule has 3 aromatic rings. The Hall–Kier alpha value is -4.14. The van der Waals surface area contributed by atoms with E-state index < -0.39 is 11.9 Å². The van der Waals surface area contributed by atoms with E-state index in [-0.39, 0.29) is 11.4 Å². The van der Waals surface area contributed by atoms with Gasteiger partial charge in [0.05, 0.1) is 26.0 Å². The summed E-state index contributed by atoms with van der Waals surface area (Å²) in [6.07, 6.45) is 1.44. The maximum absolute atomic E-state index is 12.3. The molecule has 0 unspecified atom stereocenters. The lowest BCUT2D eigenvalue weighted by atomic mass is 10.2. The highest BCUT2D eigenvalue weighted by molar-refractivity contribution is 5.93. The minimum absolute atomic E-state index is 0.239.